The van der Waals surface area contributed by atoms with Gasteiger partial charge in [-0.25, -0.2) is 0 Å². The largest absolute Gasteiger partial charge is 0.497 e. The Hall–Kier alpha value is -2.38. The van der Waals surface area contributed by atoms with E-state index < -0.39 is 0 Å². The van der Waals surface area contributed by atoms with Gasteiger partial charge in [0.1, 0.15) is 5.75 Å². The van der Waals surface area contributed by atoms with E-state index >= 15 is 0 Å². The van der Waals surface area contributed by atoms with Crippen LogP contribution in [-0.2, 0) is 4.79 Å². The lowest BCUT2D eigenvalue weighted by molar-refractivity contribution is -0.121. The van der Waals surface area contributed by atoms with Crippen LogP contribution in [0.1, 0.15) is 40.5 Å². The maximum atomic E-state index is 12.3. The lowest BCUT2D eigenvalue weighted by Gasteiger charge is -2.28. The molecule has 1 aliphatic rings. The van der Waals surface area contributed by atoms with Crippen molar-refractivity contribution in [2.75, 3.05) is 33.3 Å². The number of likely N-dealkylation sites (tertiary alicyclic amines) is 1. The Kier molecular flexibility index (Phi) is 7.45. The number of nitrogens with one attached hydrogen (secondary N) is 2. The second-order valence-electron chi connectivity index (χ2n) is 6.82. The Labute approximate surface area is 169 Å². The van der Waals surface area contributed by atoms with Crippen LogP contribution in [0.5, 0.6) is 5.75 Å². The van der Waals surface area contributed by atoms with E-state index in [2.05, 4.69) is 27.7 Å². The van der Waals surface area contributed by atoms with Crippen molar-refractivity contribution in [2.45, 2.75) is 25.3 Å². The molecule has 1 aliphatic heterocycles. The Balaban J connectivity index is 1.49. The zero-order valence-electron chi connectivity index (χ0n) is 16.1. The highest BCUT2D eigenvalue weighted by Crippen LogP contribution is 2.26. The molecule has 0 aliphatic carbocycles. The van der Waals surface area contributed by atoms with Gasteiger partial charge >= 0.3 is 0 Å². The molecule has 0 bridgehead atoms. The minimum Gasteiger partial charge on any atom is -0.497 e. The summed E-state index contributed by atoms with van der Waals surface area (Å²) >= 11 is 1.39. The monoisotopic (exact) mass is 401 g/mol. The van der Waals surface area contributed by atoms with E-state index in [1.807, 2.05) is 23.6 Å². The molecule has 0 saturated carbocycles. The normalized spacial score (nSPS) is 15.2. The first-order chi connectivity index (χ1) is 13.7. The summed E-state index contributed by atoms with van der Waals surface area (Å²) in [5.74, 6) is 0.648. The van der Waals surface area contributed by atoms with Gasteiger partial charge in [0.2, 0.25) is 5.91 Å². The van der Waals surface area contributed by atoms with E-state index in [0.717, 1.165) is 18.8 Å². The fourth-order valence-corrected chi connectivity index (χ4v) is 4.06. The number of carbonyl (C=O) groups excluding carboxylic acids is 2. The van der Waals surface area contributed by atoms with Crippen LogP contribution >= 0.6 is 11.3 Å². The maximum absolute atomic E-state index is 12.3. The number of ether oxygens (including phenoxy) is 1. The first kappa shape index (κ1) is 20.4. The zero-order valence-corrected chi connectivity index (χ0v) is 17.0. The Morgan fingerprint density at radius 2 is 1.89 bits per heavy atom. The molecule has 150 valence electrons. The number of hydrogen-bond donors (Lipinski definition) is 2. The van der Waals surface area contributed by atoms with E-state index in [9.17, 15) is 9.59 Å². The molecule has 7 heteroatoms. The summed E-state index contributed by atoms with van der Waals surface area (Å²) in [6.45, 7) is 2.98. The topological polar surface area (TPSA) is 70.7 Å². The molecule has 1 aromatic heterocycles. The van der Waals surface area contributed by atoms with Crippen molar-refractivity contribution in [1.82, 2.24) is 15.5 Å². The standard InChI is InChI=1S/C21H27N3O3S/c1-27-17-8-6-16(7-9-17)18(24-12-2-3-13-24)15-23-20(25)10-11-22-21(26)19-5-4-14-28-19/h4-9,14,18H,2-3,10-13,15H2,1H3,(H,22,26)(H,23,25). The van der Waals surface area contributed by atoms with Crippen molar-refractivity contribution < 1.29 is 14.3 Å². The highest BCUT2D eigenvalue weighted by Gasteiger charge is 2.24. The molecule has 28 heavy (non-hydrogen) atoms. The fourth-order valence-electron chi connectivity index (χ4n) is 3.42. The molecule has 2 heterocycles. The molecule has 0 radical (unpaired) electrons. The van der Waals surface area contributed by atoms with Gasteiger partial charge in [-0.2, -0.15) is 0 Å². The number of rotatable bonds is 9. The van der Waals surface area contributed by atoms with Crippen molar-refractivity contribution in [1.29, 1.82) is 0 Å². The van der Waals surface area contributed by atoms with Crippen molar-refractivity contribution in [3.05, 3.63) is 52.2 Å². The Morgan fingerprint density at radius 1 is 1.14 bits per heavy atom. The second kappa shape index (κ2) is 10.2. The van der Waals surface area contributed by atoms with Crippen LogP contribution in [0.4, 0.5) is 0 Å². The first-order valence-corrected chi connectivity index (χ1v) is 10.5. The molecule has 6 nitrogen and oxygen atoms in total. The lowest BCUT2D eigenvalue weighted by Crippen LogP contribution is -2.38. The molecule has 1 atom stereocenters. The summed E-state index contributed by atoms with van der Waals surface area (Å²) in [5.41, 5.74) is 1.17. The SMILES string of the molecule is COc1ccc(C(CNC(=O)CCNC(=O)c2cccs2)N2CCCC2)cc1. The number of nitrogens with zero attached hydrogens (tertiary/aromatic N) is 1. The van der Waals surface area contributed by atoms with E-state index in [-0.39, 0.29) is 24.3 Å². The molecular weight excluding hydrogens is 374 g/mol. The van der Waals surface area contributed by atoms with Crippen LogP contribution in [0.25, 0.3) is 0 Å². The van der Waals surface area contributed by atoms with Gasteiger partial charge in [0.05, 0.1) is 18.0 Å². The third kappa shape index (κ3) is 5.56. The molecule has 0 spiro atoms. The average molecular weight is 402 g/mol. The van der Waals surface area contributed by atoms with Crippen LogP contribution in [0.15, 0.2) is 41.8 Å². The van der Waals surface area contributed by atoms with Crippen LogP contribution in [0.2, 0.25) is 0 Å². The molecule has 1 aromatic carbocycles. The molecule has 1 unspecified atom stereocenters. The summed E-state index contributed by atoms with van der Waals surface area (Å²) < 4.78 is 5.25. The van der Waals surface area contributed by atoms with E-state index in [0.29, 0.717) is 18.0 Å². The Morgan fingerprint density at radius 3 is 2.54 bits per heavy atom. The van der Waals surface area contributed by atoms with Crippen molar-refractivity contribution in [3.63, 3.8) is 0 Å². The molecular formula is C21H27N3O3S. The zero-order chi connectivity index (χ0) is 19.8. The maximum Gasteiger partial charge on any atom is 0.261 e. The number of hydrogen-bond acceptors (Lipinski definition) is 5. The van der Waals surface area contributed by atoms with Gasteiger partial charge < -0.3 is 15.4 Å². The summed E-state index contributed by atoms with van der Waals surface area (Å²) in [6, 6.07) is 11.8. The van der Waals surface area contributed by atoms with E-state index in [1.165, 1.54) is 29.7 Å². The molecule has 3 rings (SSSR count). The van der Waals surface area contributed by atoms with Crippen molar-refractivity contribution in [3.8, 4) is 5.75 Å². The van der Waals surface area contributed by atoms with E-state index in [1.54, 1.807) is 13.2 Å². The van der Waals surface area contributed by atoms with Gasteiger partial charge in [-0.15, -0.1) is 11.3 Å². The smallest absolute Gasteiger partial charge is 0.261 e. The molecule has 1 saturated heterocycles. The molecule has 2 aromatic rings. The molecule has 2 amide bonds. The number of thiophene rings is 1. The summed E-state index contributed by atoms with van der Waals surface area (Å²) in [7, 11) is 1.66. The van der Waals surface area contributed by atoms with E-state index in [4.69, 9.17) is 4.74 Å². The van der Waals surface area contributed by atoms with Gasteiger partial charge in [0, 0.05) is 19.5 Å². The number of carbonyl (C=O) groups is 2. The van der Waals surface area contributed by atoms with Crippen molar-refractivity contribution in [2.24, 2.45) is 0 Å². The molecule has 1 fully saturated rings. The summed E-state index contributed by atoms with van der Waals surface area (Å²) in [6.07, 6.45) is 2.65. The summed E-state index contributed by atoms with van der Waals surface area (Å²) in [4.78, 5) is 27.3. The van der Waals surface area contributed by atoms with Crippen LogP contribution in [0, 0.1) is 0 Å². The number of benzene rings is 1. The second-order valence-corrected chi connectivity index (χ2v) is 7.77. The van der Waals surface area contributed by atoms with Gasteiger partial charge in [-0.3, -0.25) is 14.5 Å². The van der Waals surface area contributed by atoms with Crippen molar-refractivity contribution >= 4 is 23.2 Å². The third-order valence-corrected chi connectivity index (χ3v) is 5.83. The minimum absolute atomic E-state index is 0.0517. The minimum atomic E-state index is -0.129. The van der Waals surface area contributed by atoms with Gasteiger partial charge in [0.25, 0.3) is 5.91 Å². The van der Waals surface area contributed by atoms with Gasteiger partial charge in [0.15, 0.2) is 0 Å². The van der Waals surface area contributed by atoms with Gasteiger partial charge in [-0.05, 0) is 55.1 Å². The number of methoxy groups -OCH3 is 1. The van der Waals surface area contributed by atoms with Crippen LogP contribution in [-0.4, -0.2) is 50.0 Å². The summed E-state index contributed by atoms with van der Waals surface area (Å²) in [5, 5.41) is 7.68. The van der Waals surface area contributed by atoms with Gasteiger partial charge in [-0.1, -0.05) is 18.2 Å². The van der Waals surface area contributed by atoms with Crippen LogP contribution in [0.3, 0.4) is 0 Å². The van der Waals surface area contributed by atoms with Crippen LogP contribution < -0.4 is 15.4 Å². The lowest BCUT2D eigenvalue weighted by atomic mass is 10.1. The average Bonchev–Trinajstić information content (AvgIpc) is 3.43. The number of amides is 2. The fraction of sp³-hybridized carbons (Fsp3) is 0.429. The predicted octanol–water partition coefficient (Wildman–Crippen LogP) is 2.83. The Bertz CT molecular complexity index is 756. The highest BCUT2D eigenvalue weighted by molar-refractivity contribution is 7.12. The molecule has 2 N–H and O–H groups in total. The highest BCUT2D eigenvalue weighted by atomic mass is 32.1. The third-order valence-electron chi connectivity index (χ3n) is 4.96. The quantitative estimate of drug-likeness (QED) is 0.678. The predicted molar refractivity (Wildman–Crippen MR) is 111 cm³/mol. The first-order valence-electron chi connectivity index (χ1n) is 9.64.